The summed E-state index contributed by atoms with van der Waals surface area (Å²) < 4.78 is 2.29. The predicted octanol–water partition coefficient (Wildman–Crippen LogP) is 4.58. The van der Waals surface area contributed by atoms with E-state index in [2.05, 4.69) is 11.5 Å². The third-order valence-electron chi connectivity index (χ3n) is 4.08. The second-order valence-corrected chi connectivity index (χ2v) is 6.13. The first kappa shape index (κ1) is 12.7. The predicted molar refractivity (Wildman–Crippen MR) is 87.6 cm³/mol. The Hall–Kier alpha value is -2.00. The number of benzene rings is 2. The van der Waals surface area contributed by atoms with Gasteiger partial charge in [0.2, 0.25) is 0 Å². The number of aryl methyl sites for hydroxylation is 1. The maximum atomic E-state index is 6.42. The number of hydrogen-bond donors (Lipinski definition) is 1. The van der Waals surface area contributed by atoms with E-state index in [4.69, 9.17) is 22.3 Å². The number of hydrogen-bond acceptors (Lipinski definition) is 2. The van der Waals surface area contributed by atoms with Crippen molar-refractivity contribution < 1.29 is 0 Å². The summed E-state index contributed by atoms with van der Waals surface area (Å²) in [6, 6.07) is 12.4. The molecule has 1 aliphatic carbocycles. The van der Waals surface area contributed by atoms with Crippen LogP contribution in [0.1, 0.15) is 24.4 Å². The number of rotatable bonds is 2. The summed E-state index contributed by atoms with van der Waals surface area (Å²) >= 11 is 6.42. The third-order valence-corrected chi connectivity index (χ3v) is 4.38. The average Bonchev–Trinajstić information content (AvgIpc) is 3.22. The van der Waals surface area contributed by atoms with E-state index >= 15 is 0 Å². The zero-order chi connectivity index (χ0) is 14.6. The molecule has 1 aromatic heterocycles. The van der Waals surface area contributed by atoms with E-state index in [-0.39, 0.29) is 0 Å². The van der Waals surface area contributed by atoms with Crippen molar-refractivity contribution in [3.05, 3.63) is 47.0 Å². The van der Waals surface area contributed by atoms with Crippen LogP contribution in [-0.2, 0) is 0 Å². The monoisotopic (exact) mass is 297 g/mol. The number of anilines is 1. The molecule has 0 atom stereocenters. The van der Waals surface area contributed by atoms with Crippen molar-refractivity contribution in [2.24, 2.45) is 0 Å². The summed E-state index contributed by atoms with van der Waals surface area (Å²) in [5.41, 5.74) is 11.0. The molecule has 1 heterocycles. The van der Waals surface area contributed by atoms with E-state index in [1.54, 1.807) is 0 Å². The van der Waals surface area contributed by atoms with Crippen LogP contribution < -0.4 is 5.73 Å². The molecule has 1 aliphatic rings. The Morgan fingerprint density at radius 2 is 2.05 bits per heavy atom. The number of fused-ring (bicyclic) bond motifs is 1. The van der Waals surface area contributed by atoms with Crippen LogP contribution in [0.4, 0.5) is 5.69 Å². The van der Waals surface area contributed by atoms with E-state index in [9.17, 15) is 0 Å². The lowest BCUT2D eigenvalue weighted by molar-refractivity contribution is 0.775. The largest absolute Gasteiger partial charge is 0.399 e. The van der Waals surface area contributed by atoms with Crippen LogP contribution in [0.25, 0.3) is 22.4 Å². The molecule has 0 amide bonds. The molecule has 0 spiro atoms. The Bertz CT molecular complexity index is 847. The number of imidazole rings is 1. The summed E-state index contributed by atoms with van der Waals surface area (Å²) in [7, 11) is 0. The van der Waals surface area contributed by atoms with Gasteiger partial charge in [-0.1, -0.05) is 23.7 Å². The molecule has 21 heavy (non-hydrogen) atoms. The van der Waals surface area contributed by atoms with Crippen LogP contribution in [-0.4, -0.2) is 9.55 Å². The molecule has 2 N–H and O–H groups in total. The highest BCUT2D eigenvalue weighted by atomic mass is 35.5. The van der Waals surface area contributed by atoms with Crippen molar-refractivity contribution in [2.45, 2.75) is 25.8 Å². The van der Waals surface area contributed by atoms with Gasteiger partial charge in [-0.2, -0.15) is 0 Å². The molecular weight excluding hydrogens is 282 g/mol. The third kappa shape index (κ3) is 2.00. The Balaban J connectivity index is 2.07. The lowest BCUT2D eigenvalue weighted by Crippen LogP contribution is -2.00. The van der Waals surface area contributed by atoms with Gasteiger partial charge in [-0.3, -0.25) is 0 Å². The maximum Gasteiger partial charge on any atom is 0.141 e. The second-order valence-electron chi connectivity index (χ2n) is 5.72. The minimum absolute atomic E-state index is 0.505. The summed E-state index contributed by atoms with van der Waals surface area (Å²) in [5.74, 6) is 0.977. The van der Waals surface area contributed by atoms with E-state index in [1.807, 2.05) is 36.4 Å². The van der Waals surface area contributed by atoms with Crippen LogP contribution in [0.3, 0.4) is 0 Å². The number of nitrogens with two attached hydrogens (primary N) is 1. The Labute approximate surface area is 128 Å². The van der Waals surface area contributed by atoms with Gasteiger partial charge in [0.25, 0.3) is 0 Å². The molecule has 3 aromatic rings. The molecule has 1 saturated carbocycles. The van der Waals surface area contributed by atoms with Gasteiger partial charge in [0.15, 0.2) is 0 Å². The van der Waals surface area contributed by atoms with E-state index in [0.717, 1.165) is 33.1 Å². The summed E-state index contributed by atoms with van der Waals surface area (Å²) in [4.78, 5) is 4.83. The molecule has 0 unspecified atom stereocenters. The van der Waals surface area contributed by atoms with Gasteiger partial charge in [0.05, 0.1) is 16.1 Å². The molecule has 4 rings (SSSR count). The Kier molecular flexibility index (Phi) is 2.73. The molecule has 1 fully saturated rings. The van der Waals surface area contributed by atoms with Crippen molar-refractivity contribution in [1.29, 1.82) is 0 Å². The smallest absolute Gasteiger partial charge is 0.141 e. The standard InChI is InChI=1S/C17H16ClN3/c1-10-5-6-11(19)9-13(10)17-20-15-4-2-3-14(18)16(15)21(17)12-7-8-12/h2-6,9,12H,7-8,19H2,1H3. The lowest BCUT2D eigenvalue weighted by atomic mass is 10.1. The summed E-state index contributed by atoms with van der Waals surface area (Å²) in [5, 5.41) is 0.764. The van der Waals surface area contributed by atoms with Gasteiger partial charge in [0, 0.05) is 17.3 Å². The van der Waals surface area contributed by atoms with Crippen molar-refractivity contribution in [2.75, 3.05) is 5.73 Å². The number of nitrogen functional groups attached to an aromatic ring is 1. The first-order valence-corrected chi connectivity index (χ1v) is 7.56. The molecular formula is C17H16ClN3. The molecule has 0 bridgehead atoms. The lowest BCUT2D eigenvalue weighted by Gasteiger charge is -2.11. The fraction of sp³-hybridized carbons (Fsp3) is 0.235. The van der Waals surface area contributed by atoms with Crippen LogP contribution in [0.2, 0.25) is 5.02 Å². The Morgan fingerprint density at radius 1 is 1.24 bits per heavy atom. The molecule has 0 radical (unpaired) electrons. The summed E-state index contributed by atoms with van der Waals surface area (Å²) in [6.45, 7) is 2.09. The first-order valence-electron chi connectivity index (χ1n) is 7.18. The van der Waals surface area contributed by atoms with Gasteiger partial charge in [-0.05, 0) is 49.6 Å². The van der Waals surface area contributed by atoms with Gasteiger partial charge in [-0.25, -0.2) is 4.98 Å². The van der Waals surface area contributed by atoms with Crippen molar-refractivity contribution in [3.8, 4) is 11.4 Å². The minimum atomic E-state index is 0.505. The van der Waals surface area contributed by atoms with Crippen LogP contribution in [0.15, 0.2) is 36.4 Å². The number of halogens is 1. The fourth-order valence-electron chi connectivity index (χ4n) is 2.87. The van der Waals surface area contributed by atoms with E-state index < -0.39 is 0 Å². The maximum absolute atomic E-state index is 6.42. The zero-order valence-corrected chi connectivity index (χ0v) is 12.6. The first-order chi connectivity index (χ1) is 10.1. The quantitative estimate of drug-likeness (QED) is 0.703. The van der Waals surface area contributed by atoms with Gasteiger partial charge in [0.1, 0.15) is 5.82 Å². The molecule has 106 valence electrons. The highest BCUT2D eigenvalue weighted by molar-refractivity contribution is 6.35. The van der Waals surface area contributed by atoms with Crippen LogP contribution in [0.5, 0.6) is 0 Å². The van der Waals surface area contributed by atoms with Gasteiger partial charge < -0.3 is 10.3 Å². The summed E-state index contributed by atoms with van der Waals surface area (Å²) in [6.07, 6.45) is 2.37. The van der Waals surface area contributed by atoms with Crippen molar-refractivity contribution >= 4 is 28.3 Å². The second kappa shape index (κ2) is 4.50. The molecule has 0 aliphatic heterocycles. The normalized spacial score (nSPS) is 14.8. The van der Waals surface area contributed by atoms with Crippen LogP contribution >= 0.6 is 11.6 Å². The van der Waals surface area contributed by atoms with Crippen molar-refractivity contribution in [1.82, 2.24) is 9.55 Å². The highest BCUT2D eigenvalue weighted by Gasteiger charge is 2.30. The average molecular weight is 298 g/mol. The topological polar surface area (TPSA) is 43.8 Å². The minimum Gasteiger partial charge on any atom is -0.399 e. The molecule has 4 heteroatoms. The molecule has 2 aromatic carbocycles. The van der Waals surface area contributed by atoms with E-state index in [1.165, 1.54) is 18.4 Å². The van der Waals surface area contributed by atoms with Gasteiger partial charge >= 0.3 is 0 Å². The molecule has 0 saturated heterocycles. The fourth-order valence-corrected chi connectivity index (χ4v) is 3.13. The Morgan fingerprint density at radius 3 is 2.81 bits per heavy atom. The van der Waals surface area contributed by atoms with E-state index in [0.29, 0.717) is 6.04 Å². The number of aromatic nitrogens is 2. The number of para-hydroxylation sites is 1. The van der Waals surface area contributed by atoms with Gasteiger partial charge in [-0.15, -0.1) is 0 Å². The SMILES string of the molecule is Cc1ccc(N)cc1-c1nc2cccc(Cl)c2n1C1CC1. The molecule has 3 nitrogen and oxygen atoms in total. The number of nitrogens with zero attached hydrogens (tertiary/aromatic N) is 2. The van der Waals surface area contributed by atoms with Crippen LogP contribution in [0, 0.1) is 6.92 Å². The van der Waals surface area contributed by atoms with Crippen molar-refractivity contribution in [3.63, 3.8) is 0 Å². The zero-order valence-electron chi connectivity index (χ0n) is 11.8. The highest BCUT2D eigenvalue weighted by Crippen LogP contribution is 2.43.